The highest BCUT2D eigenvalue weighted by molar-refractivity contribution is 5.96. The van der Waals surface area contributed by atoms with Gasteiger partial charge in [-0.05, 0) is 44.2 Å². The molecule has 1 aromatic heterocycles. The summed E-state index contributed by atoms with van der Waals surface area (Å²) in [5, 5.41) is 4.11. The molecule has 0 N–H and O–H groups in total. The number of rotatable bonds is 6. The van der Waals surface area contributed by atoms with Gasteiger partial charge in [0.2, 0.25) is 17.6 Å². The zero-order valence-electron chi connectivity index (χ0n) is 16.7. The number of hydrogen-bond donors (Lipinski definition) is 0. The van der Waals surface area contributed by atoms with Crippen molar-refractivity contribution >= 4 is 11.6 Å². The van der Waals surface area contributed by atoms with Gasteiger partial charge < -0.3 is 18.9 Å². The smallest absolute Gasteiger partial charge is 0.232 e. The first-order valence-electron chi connectivity index (χ1n) is 9.59. The van der Waals surface area contributed by atoms with Gasteiger partial charge in [0.05, 0.1) is 19.1 Å². The molecule has 150 valence electrons. The summed E-state index contributed by atoms with van der Waals surface area (Å²) in [5.74, 6) is 2.11. The van der Waals surface area contributed by atoms with E-state index in [1.807, 2.05) is 62.4 Å². The maximum Gasteiger partial charge on any atom is 0.232 e. The Morgan fingerprint density at radius 2 is 1.93 bits per heavy atom. The highest BCUT2D eigenvalue weighted by atomic mass is 16.5. The lowest BCUT2D eigenvalue weighted by Gasteiger charge is -2.15. The van der Waals surface area contributed by atoms with Gasteiger partial charge in [-0.25, -0.2) is 0 Å². The molecule has 0 bridgehead atoms. The number of carbonyl (C=O) groups is 1. The predicted molar refractivity (Wildman–Crippen MR) is 108 cm³/mol. The molecule has 1 amide bonds. The minimum absolute atomic E-state index is 0.0407. The van der Waals surface area contributed by atoms with Crippen LogP contribution >= 0.6 is 0 Å². The van der Waals surface area contributed by atoms with Gasteiger partial charge in [0.15, 0.2) is 11.5 Å². The fourth-order valence-corrected chi connectivity index (χ4v) is 3.41. The lowest BCUT2D eigenvalue weighted by atomic mass is 10.1. The number of hydrogen-bond acceptors (Lipinski definition) is 6. The lowest BCUT2D eigenvalue weighted by Crippen LogP contribution is -2.24. The summed E-state index contributed by atoms with van der Waals surface area (Å²) < 4.78 is 16.7. The number of anilines is 1. The Labute approximate surface area is 169 Å². The molecule has 0 saturated carbocycles. The van der Waals surface area contributed by atoms with E-state index in [1.165, 1.54) is 0 Å². The van der Waals surface area contributed by atoms with E-state index in [1.54, 1.807) is 12.0 Å². The van der Waals surface area contributed by atoms with Crippen LogP contribution in [0, 0.1) is 0 Å². The van der Waals surface area contributed by atoms with Crippen molar-refractivity contribution < 1.29 is 18.8 Å². The third kappa shape index (κ3) is 3.94. The first-order valence-corrected chi connectivity index (χ1v) is 9.59. The first kappa shape index (κ1) is 19.0. The minimum Gasteiger partial charge on any atom is -0.493 e. The van der Waals surface area contributed by atoms with Crippen LogP contribution in [-0.2, 0) is 4.79 Å². The van der Waals surface area contributed by atoms with Gasteiger partial charge in [-0.3, -0.25) is 4.79 Å². The highest BCUT2D eigenvalue weighted by Crippen LogP contribution is 2.34. The summed E-state index contributed by atoms with van der Waals surface area (Å²) >= 11 is 0. The maximum atomic E-state index is 12.4. The third-order valence-electron chi connectivity index (χ3n) is 4.77. The van der Waals surface area contributed by atoms with Gasteiger partial charge in [-0.15, -0.1) is 0 Å². The molecule has 7 nitrogen and oxygen atoms in total. The van der Waals surface area contributed by atoms with Crippen LogP contribution in [0.15, 0.2) is 53.1 Å². The van der Waals surface area contributed by atoms with E-state index in [2.05, 4.69) is 10.1 Å². The highest BCUT2D eigenvalue weighted by Gasteiger charge is 2.35. The Kier molecular flexibility index (Phi) is 5.20. The van der Waals surface area contributed by atoms with Crippen molar-refractivity contribution in [3.8, 4) is 22.9 Å². The van der Waals surface area contributed by atoms with E-state index in [-0.39, 0.29) is 17.9 Å². The second kappa shape index (κ2) is 7.95. The molecule has 7 heteroatoms. The largest absolute Gasteiger partial charge is 0.493 e. The van der Waals surface area contributed by atoms with Crippen molar-refractivity contribution in [1.29, 1.82) is 0 Å². The van der Waals surface area contributed by atoms with Gasteiger partial charge in [-0.1, -0.05) is 23.4 Å². The van der Waals surface area contributed by atoms with Gasteiger partial charge in [-0.2, -0.15) is 4.98 Å². The van der Waals surface area contributed by atoms with E-state index < -0.39 is 0 Å². The van der Waals surface area contributed by atoms with Crippen LogP contribution in [-0.4, -0.2) is 35.8 Å². The number of aromatic nitrogens is 2. The van der Waals surface area contributed by atoms with Crippen LogP contribution in [0.1, 0.15) is 32.1 Å². The molecule has 4 rings (SSSR count). The summed E-state index contributed by atoms with van der Waals surface area (Å²) in [6, 6.07) is 15.1. The number of ether oxygens (including phenoxy) is 2. The zero-order chi connectivity index (χ0) is 20.4. The van der Waals surface area contributed by atoms with Crippen LogP contribution in [0.5, 0.6) is 11.5 Å². The number of para-hydroxylation sites is 1. The van der Waals surface area contributed by atoms with Crippen LogP contribution in [0.3, 0.4) is 0 Å². The molecular weight excluding hydrogens is 370 g/mol. The molecular formula is C22H23N3O4. The Morgan fingerprint density at radius 3 is 2.66 bits per heavy atom. The minimum atomic E-state index is -0.130. The summed E-state index contributed by atoms with van der Waals surface area (Å²) in [5.41, 5.74) is 1.64. The average Bonchev–Trinajstić information content (AvgIpc) is 3.35. The fourth-order valence-electron chi connectivity index (χ4n) is 3.41. The monoisotopic (exact) mass is 393 g/mol. The maximum absolute atomic E-state index is 12.4. The Hall–Kier alpha value is -3.35. The summed E-state index contributed by atoms with van der Waals surface area (Å²) in [4.78, 5) is 18.7. The van der Waals surface area contributed by atoms with E-state index in [0.29, 0.717) is 36.2 Å². The van der Waals surface area contributed by atoms with E-state index in [9.17, 15) is 4.79 Å². The summed E-state index contributed by atoms with van der Waals surface area (Å²) in [7, 11) is 1.59. The van der Waals surface area contributed by atoms with Crippen LogP contribution in [0.2, 0.25) is 0 Å². The summed E-state index contributed by atoms with van der Waals surface area (Å²) in [6.07, 6.45) is 0.389. The van der Waals surface area contributed by atoms with Crippen LogP contribution < -0.4 is 14.4 Å². The molecule has 3 aromatic rings. The van der Waals surface area contributed by atoms with Gasteiger partial charge in [0.25, 0.3) is 0 Å². The molecule has 2 heterocycles. The van der Waals surface area contributed by atoms with Crippen molar-refractivity contribution in [2.45, 2.75) is 32.3 Å². The number of benzene rings is 2. The number of amides is 1. The van der Waals surface area contributed by atoms with E-state index in [4.69, 9.17) is 14.0 Å². The normalized spacial score (nSPS) is 16.5. The molecule has 2 aromatic carbocycles. The number of nitrogens with zero attached hydrogens (tertiary/aromatic N) is 3. The molecule has 0 aliphatic carbocycles. The third-order valence-corrected chi connectivity index (χ3v) is 4.77. The summed E-state index contributed by atoms with van der Waals surface area (Å²) in [6.45, 7) is 4.44. The molecule has 1 fully saturated rings. The standard InChI is InChI=1S/C22H23N3O4/c1-14(2)28-18-10-9-15(11-19(18)27-3)21-23-22(29-24-21)16-12-20(26)25(13-16)17-7-5-4-6-8-17/h4-11,14,16H,12-13H2,1-3H3. The molecule has 1 unspecified atom stereocenters. The topological polar surface area (TPSA) is 77.7 Å². The first-order chi connectivity index (χ1) is 14.0. The quantitative estimate of drug-likeness (QED) is 0.629. The average molecular weight is 393 g/mol. The Morgan fingerprint density at radius 1 is 1.14 bits per heavy atom. The molecule has 1 aliphatic heterocycles. The lowest BCUT2D eigenvalue weighted by molar-refractivity contribution is -0.117. The SMILES string of the molecule is COc1cc(-c2noc(C3CC(=O)N(c4ccccc4)C3)n2)ccc1OC(C)C. The van der Waals surface area contributed by atoms with Crippen molar-refractivity contribution in [3.05, 3.63) is 54.4 Å². The molecule has 0 radical (unpaired) electrons. The second-order valence-corrected chi connectivity index (χ2v) is 7.23. The second-order valence-electron chi connectivity index (χ2n) is 7.23. The Balaban J connectivity index is 1.54. The van der Waals surface area contributed by atoms with E-state index >= 15 is 0 Å². The predicted octanol–water partition coefficient (Wildman–Crippen LogP) is 4.05. The van der Waals surface area contributed by atoms with Crippen molar-refractivity contribution in [3.63, 3.8) is 0 Å². The van der Waals surface area contributed by atoms with Crippen LogP contribution in [0.25, 0.3) is 11.4 Å². The van der Waals surface area contributed by atoms with Crippen LogP contribution in [0.4, 0.5) is 5.69 Å². The molecule has 0 spiro atoms. The van der Waals surface area contributed by atoms with Crippen molar-refractivity contribution in [2.75, 3.05) is 18.6 Å². The molecule has 1 aliphatic rings. The molecule has 1 atom stereocenters. The number of methoxy groups -OCH3 is 1. The van der Waals surface area contributed by atoms with Crippen molar-refractivity contribution in [1.82, 2.24) is 10.1 Å². The van der Waals surface area contributed by atoms with Gasteiger partial charge in [0.1, 0.15) is 0 Å². The van der Waals surface area contributed by atoms with E-state index in [0.717, 1.165) is 11.3 Å². The molecule has 1 saturated heterocycles. The van der Waals surface area contributed by atoms with Gasteiger partial charge >= 0.3 is 0 Å². The molecule has 29 heavy (non-hydrogen) atoms. The zero-order valence-corrected chi connectivity index (χ0v) is 16.7. The fraction of sp³-hybridized carbons (Fsp3) is 0.318. The number of carbonyl (C=O) groups excluding carboxylic acids is 1. The van der Waals surface area contributed by atoms with Crippen molar-refractivity contribution in [2.24, 2.45) is 0 Å². The Bertz CT molecular complexity index is 1000. The van der Waals surface area contributed by atoms with Gasteiger partial charge in [0, 0.05) is 24.2 Å².